The zero-order valence-corrected chi connectivity index (χ0v) is 21.9. The molecule has 192 valence electrons. The van der Waals surface area contributed by atoms with E-state index in [0.717, 1.165) is 27.8 Å². The zero-order valence-electron chi connectivity index (χ0n) is 21.1. The summed E-state index contributed by atoms with van der Waals surface area (Å²) < 4.78 is 13.3. The lowest BCUT2D eigenvalue weighted by Gasteiger charge is -2.14. The van der Waals surface area contributed by atoms with E-state index in [0.29, 0.717) is 29.7 Å². The molecule has 1 aromatic heterocycles. The molecule has 0 radical (unpaired) electrons. The third-order valence-electron chi connectivity index (χ3n) is 5.72. The predicted octanol–water partition coefficient (Wildman–Crippen LogP) is 6.26. The largest absolute Gasteiger partial charge is 0.489 e. The van der Waals surface area contributed by atoms with Gasteiger partial charge in [-0.2, -0.15) is 5.10 Å². The summed E-state index contributed by atoms with van der Waals surface area (Å²) in [6.07, 6.45) is 4.71. The van der Waals surface area contributed by atoms with Gasteiger partial charge in [-0.3, -0.25) is 4.68 Å². The summed E-state index contributed by atoms with van der Waals surface area (Å²) in [4.78, 5) is 11.1. The Morgan fingerprint density at radius 1 is 1.11 bits per heavy atom. The number of ether oxygens (including phenoxy) is 2. The van der Waals surface area contributed by atoms with Crippen LogP contribution in [0.5, 0.6) is 11.5 Å². The summed E-state index contributed by atoms with van der Waals surface area (Å²) in [5, 5.41) is 13.9. The van der Waals surface area contributed by atoms with Gasteiger partial charge in [-0.05, 0) is 90.7 Å². The van der Waals surface area contributed by atoms with Gasteiger partial charge in [0.15, 0.2) is 6.10 Å². The molecule has 38 heavy (non-hydrogen) atoms. The van der Waals surface area contributed by atoms with Gasteiger partial charge >= 0.3 is 5.97 Å². The number of carbonyl (C=O) groups is 1. The van der Waals surface area contributed by atoms with E-state index in [9.17, 15) is 4.79 Å². The Hall–Kier alpha value is -4.47. The Morgan fingerprint density at radius 3 is 2.45 bits per heavy atom. The molecular weight excluding hydrogens is 500 g/mol. The summed E-state index contributed by atoms with van der Waals surface area (Å²) in [5.74, 6) is 6.46. The average molecular weight is 527 g/mol. The van der Waals surface area contributed by atoms with Crippen LogP contribution in [0.3, 0.4) is 0 Å². The second-order valence-corrected chi connectivity index (χ2v) is 8.98. The first kappa shape index (κ1) is 26.6. The van der Waals surface area contributed by atoms with Gasteiger partial charge in [-0.1, -0.05) is 47.7 Å². The molecule has 0 saturated heterocycles. The van der Waals surface area contributed by atoms with Crippen molar-refractivity contribution in [3.63, 3.8) is 0 Å². The summed E-state index contributed by atoms with van der Waals surface area (Å²) in [6.45, 7) is 4.21. The maximum atomic E-state index is 11.1. The molecule has 7 heteroatoms. The van der Waals surface area contributed by atoms with E-state index in [-0.39, 0.29) is 0 Å². The number of carboxylic acids is 1. The molecule has 0 aliphatic heterocycles. The standard InChI is InChI=1S/C31H27ClN2O4/c1-22-21-28(14-15-30(22)38-23(2)31(35)36)37-20-16-29(26-10-12-27(32)13-11-26)25-8-6-24(7-9-25)5-3-18-34-19-4-17-33-34/h4,6-17,19,21,23H,18,20H2,1-2H3,(H,35,36)/b29-16+. The molecule has 0 aliphatic rings. The number of aliphatic carboxylic acids is 1. The Balaban J connectivity index is 1.49. The number of aromatic nitrogens is 2. The van der Waals surface area contributed by atoms with Gasteiger partial charge in [0.1, 0.15) is 24.7 Å². The number of nitrogens with zero attached hydrogens (tertiary/aromatic N) is 2. The molecule has 1 N–H and O–H groups in total. The van der Waals surface area contributed by atoms with Crippen molar-refractivity contribution >= 4 is 23.1 Å². The van der Waals surface area contributed by atoms with Crippen LogP contribution in [0.15, 0.2) is 91.3 Å². The summed E-state index contributed by atoms with van der Waals surface area (Å²) in [6, 6.07) is 22.9. The molecule has 0 saturated carbocycles. The molecule has 6 nitrogen and oxygen atoms in total. The van der Waals surface area contributed by atoms with E-state index in [1.54, 1.807) is 23.0 Å². The highest BCUT2D eigenvalue weighted by atomic mass is 35.5. The van der Waals surface area contributed by atoms with E-state index in [1.165, 1.54) is 6.92 Å². The molecule has 1 heterocycles. The zero-order chi connectivity index (χ0) is 26.9. The molecule has 1 unspecified atom stereocenters. The highest BCUT2D eigenvalue weighted by Gasteiger charge is 2.14. The first-order valence-electron chi connectivity index (χ1n) is 12.0. The molecule has 0 fully saturated rings. The van der Waals surface area contributed by atoms with Crippen molar-refractivity contribution in [1.82, 2.24) is 9.78 Å². The fraction of sp³-hybridized carbons (Fsp3) is 0.161. The third-order valence-corrected chi connectivity index (χ3v) is 5.97. The molecule has 0 bridgehead atoms. The van der Waals surface area contributed by atoms with Crippen LogP contribution >= 0.6 is 11.6 Å². The van der Waals surface area contributed by atoms with Crippen molar-refractivity contribution in [2.24, 2.45) is 0 Å². The predicted molar refractivity (Wildman–Crippen MR) is 148 cm³/mol. The molecule has 0 aliphatic carbocycles. The fourth-order valence-electron chi connectivity index (χ4n) is 3.69. The Bertz CT molecular complexity index is 1470. The molecule has 3 aromatic carbocycles. The van der Waals surface area contributed by atoms with Gasteiger partial charge in [-0.15, -0.1) is 0 Å². The van der Waals surface area contributed by atoms with Crippen molar-refractivity contribution in [2.45, 2.75) is 26.5 Å². The second kappa shape index (κ2) is 12.7. The smallest absolute Gasteiger partial charge is 0.344 e. The van der Waals surface area contributed by atoms with E-state index >= 15 is 0 Å². The number of benzene rings is 3. The lowest BCUT2D eigenvalue weighted by molar-refractivity contribution is -0.144. The van der Waals surface area contributed by atoms with Crippen LogP contribution in [0, 0.1) is 18.8 Å². The Labute approximate surface area is 227 Å². The van der Waals surface area contributed by atoms with Gasteiger partial charge in [0.05, 0.1) is 0 Å². The van der Waals surface area contributed by atoms with E-state index < -0.39 is 12.1 Å². The number of hydrogen-bond donors (Lipinski definition) is 1. The van der Waals surface area contributed by atoms with Crippen LogP contribution in [-0.2, 0) is 11.3 Å². The van der Waals surface area contributed by atoms with Gasteiger partial charge < -0.3 is 14.6 Å². The average Bonchev–Trinajstić information content (AvgIpc) is 3.43. The van der Waals surface area contributed by atoms with E-state index in [1.807, 2.05) is 79.9 Å². The summed E-state index contributed by atoms with van der Waals surface area (Å²) >= 11 is 6.12. The fourth-order valence-corrected chi connectivity index (χ4v) is 3.81. The third kappa shape index (κ3) is 7.28. The lowest BCUT2D eigenvalue weighted by Crippen LogP contribution is -2.23. The van der Waals surface area contributed by atoms with Crippen molar-refractivity contribution in [1.29, 1.82) is 0 Å². The van der Waals surface area contributed by atoms with Crippen molar-refractivity contribution in [2.75, 3.05) is 6.61 Å². The second-order valence-electron chi connectivity index (χ2n) is 8.54. The molecule has 4 rings (SSSR count). The minimum atomic E-state index is -1.01. The number of hydrogen-bond acceptors (Lipinski definition) is 4. The Morgan fingerprint density at radius 2 is 1.82 bits per heavy atom. The first-order chi connectivity index (χ1) is 18.4. The molecular formula is C31H27ClN2O4. The molecule has 0 amide bonds. The monoisotopic (exact) mass is 526 g/mol. The van der Waals surface area contributed by atoms with Crippen LogP contribution in [0.1, 0.15) is 29.2 Å². The van der Waals surface area contributed by atoms with Crippen molar-refractivity contribution in [3.8, 4) is 23.3 Å². The highest BCUT2D eigenvalue weighted by Crippen LogP contribution is 2.27. The van der Waals surface area contributed by atoms with Crippen LogP contribution in [0.25, 0.3) is 5.57 Å². The minimum Gasteiger partial charge on any atom is -0.489 e. The van der Waals surface area contributed by atoms with Crippen LogP contribution < -0.4 is 9.47 Å². The van der Waals surface area contributed by atoms with Gasteiger partial charge in [-0.25, -0.2) is 4.79 Å². The SMILES string of the molecule is Cc1cc(OC/C=C(/c2ccc(Cl)cc2)c2ccc(C#CCn3cccn3)cc2)ccc1OC(C)C(=O)O. The molecule has 4 aromatic rings. The van der Waals surface area contributed by atoms with E-state index in [2.05, 4.69) is 16.9 Å². The normalized spacial score (nSPS) is 11.8. The summed E-state index contributed by atoms with van der Waals surface area (Å²) in [5.41, 5.74) is 4.75. The van der Waals surface area contributed by atoms with Gasteiger partial charge in [0.2, 0.25) is 0 Å². The quantitative estimate of drug-likeness (QED) is 0.261. The maximum Gasteiger partial charge on any atom is 0.344 e. The highest BCUT2D eigenvalue weighted by molar-refractivity contribution is 6.30. The van der Waals surface area contributed by atoms with Crippen molar-refractivity contribution < 1.29 is 19.4 Å². The lowest BCUT2D eigenvalue weighted by atomic mass is 9.97. The summed E-state index contributed by atoms with van der Waals surface area (Å²) in [7, 11) is 0. The van der Waals surface area contributed by atoms with Crippen molar-refractivity contribution in [3.05, 3.63) is 119 Å². The first-order valence-corrected chi connectivity index (χ1v) is 12.4. The van der Waals surface area contributed by atoms with Gasteiger partial charge in [0, 0.05) is 23.0 Å². The number of carboxylic acid groups (broad SMARTS) is 1. The van der Waals surface area contributed by atoms with Crippen LogP contribution in [0.2, 0.25) is 5.02 Å². The van der Waals surface area contributed by atoms with Crippen LogP contribution in [-0.4, -0.2) is 33.6 Å². The number of halogens is 1. The molecule has 0 spiro atoms. The van der Waals surface area contributed by atoms with Gasteiger partial charge in [0.25, 0.3) is 0 Å². The number of rotatable bonds is 9. The Kier molecular flexibility index (Phi) is 8.86. The number of aryl methyl sites for hydroxylation is 1. The maximum absolute atomic E-state index is 11.1. The topological polar surface area (TPSA) is 73.6 Å². The van der Waals surface area contributed by atoms with E-state index in [4.69, 9.17) is 26.2 Å². The van der Waals surface area contributed by atoms with Crippen LogP contribution in [0.4, 0.5) is 0 Å². The molecule has 1 atom stereocenters. The minimum absolute atomic E-state index is 0.328.